The van der Waals surface area contributed by atoms with Gasteiger partial charge in [-0.25, -0.2) is 4.79 Å². The van der Waals surface area contributed by atoms with Crippen LogP contribution in [0.5, 0.6) is 28.7 Å². The zero-order valence-electron chi connectivity index (χ0n) is 23.0. The summed E-state index contributed by atoms with van der Waals surface area (Å²) in [7, 11) is 6.19. The zero-order valence-corrected chi connectivity index (χ0v) is 23.0. The van der Waals surface area contributed by atoms with Crippen molar-refractivity contribution in [1.82, 2.24) is 4.57 Å². The summed E-state index contributed by atoms with van der Waals surface area (Å²) in [5.41, 5.74) is 1.82. The first-order chi connectivity index (χ1) is 19.1. The molecule has 1 unspecified atom stereocenters. The van der Waals surface area contributed by atoms with Gasteiger partial charge in [-0.2, -0.15) is 0 Å². The second-order valence-electron chi connectivity index (χ2n) is 9.75. The first-order valence-corrected chi connectivity index (χ1v) is 12.5. The van der Waals surface area contributed by atoms with Crippen molar-refractivity contribution in [2.45, 2.75) is 19.8 Å². The smallest absolute Gasteiger partial charge is 0.336 e. The van der Waals surface area contributed by atoms with E-state index in [9.17, 15) is 19.8 Å². The highest BCUT2D eigenvalue weighted by atomic mass is 16.5. The van der Waals surface area contributed by atoms with Crippen LogP contribution in [0, 0.1) is 0 Å². The second-order valence-corrected chi connectivity index (χ2v) is 9.75. The quantitative estimate of drug-likeness (QED) is 0.167. The Bertz CT molecular complexity index is 1960. The van der Waals surface area contributed by atoms with Crippen molar-refractivity contribution in [3.8, 4) is 28.7 Å². The second kappa shape index (κ2) is 10.00. The molecule has 0 aliphatic carbocycles. The van der Waals surface area contributed by atoms with Crippen molar-refractivity contribution >= 4 is 32.8 Å². The molecule has 5 rings (SSSR count). The van der Waals surface area contributed by atoms with E-state index in [-0.39, 0.29) is 22.4 Å². The predicted molar refractivity (Wildman–Crippen MR) is 153 cm³/mol. The summed E-state index contributed by atoms with van der Waals surface area (Å²) in [5, 5.41) is 24.1. The van der Waals surface area contributed by atoms with Gasteiger partial charge in [0.25, 0.3) is 0 Å². The Hall–Kier alpha value is -4.92. The van der Waals surface area contributed by atoms with E-state index in [1.807, 2.05) is 19.9 Å². The Labute approximate surface area is 229 Å². The lowest BCUT2D eigenvalue weighted by atomic mass is 9.86. The molecule has 9 nitrogen and oxygen atoms in total. The minimum absolute atomic E-state index is 0.0490. The van der Waals surface area contributed by atoms with E-state index in [1.54, 1.807) is 41.9 Å². The van der Waals surface area contributed by atoms with Crippen molar-refractivity contribution in [3.05, 3.63) is 85.9 Å². The molecule has 206 valence electrons. The standard InChI is InChI=1S/C31H29NO8/c1-15(2)11-19(18-12-16-7-10-25(34)40-23(16)14-24(18)38-5)26-21(33)13-20-27(30(26)36)29(35)17-8-9-22(37-4)31(39-6)28(17)32(20)3/h7-14,19,33,36H,1-6H3. The molecule has 0 radical (unpaired) electrons. The Balaban J connectivity index is 1.89. The van der Waals surface area contributed by atoms with Crippen molar-refractivity contribution in [2.75, 3.05) is 21.3 Å². The van der Waals surface area contributed by atoms with Gasteiger partial charge < -0.3 is 33.4 Å². The fourth-order valence-electron chi connectivity index (χ4n) is 5.33. The van der Waals surface area contributed by atoms with E-state index < -0.39 is 17.0 Å². The van der Waals surface area contributed by atoms with Crippen molar-refractivity contribution in [1.29, 1.82) is 0 Å². The number of phenols is 2. The van der Waals surface area contributed by atoms with E-state index >= 15 is 0 Å². The van der Waals surface area contributed by atoms with Crippen LogP contribution >= 0.6 is 0 Å². The molecule has 0 saturated carbocycles. The molecule has 0 fully saturated rings. The minimum atomic E-state index is -0.716. The van der Waals surface area contributed by atoms with Crippen LogP contribution < -0.4 is 25.3 Å². The number of nitrogens with zero attached hydrogens (tertiary/aromatic N) is 1. The zero-order chi connectivity index (χ0) is 28.9. The molecule has 0 amide bonds. The van der Waals surface area contributed by atoms with Crippen LogP contribution in [0.4, 0.5) is 0 Å². The Morgan fingerprint density at radius 2 is 1.68 bits per heavy atom. The van der Waals surface area contributed by atoms with E-state index in [4.69, 9.17) is 18.6 Å². The molecule has 40 heavy (non-hydrogen) atoms. The molecule has 0 spiro atoms. The van der Waals surface area contributed by atoms with Crippen LogP contribution in [0.25, 0.3) is 32.8 Å². The molecule has 9 heteroatoms. The lowest BCUT2D eigenvalue weighted by Gasteiger charge is -2.23. The van der Waals surface area contributed by atoms with Gasteiger partial charge in [0.1, 0.15) is 22.8 Å². The number of aryl methyl sites for hydroxylation is 1. The fourth-order valence-corrected chi connectivity index (χ4v) is 5.33. The van der Waals surface area contributed by atoms with Gasteiger partial charge in [0, 0.05) is 47.7 Å². The summed E-state index contributed by atoms with van der Waals surface area (Å²) in [6.07, 6.45) is 1.86. The van der Waals surface area contributed by atoms with Gasteiger partial charge in [-0.05, 0) is 38.1 Å². The maximum atomic E-state index is 13.9. The molecule has 0 saturated heterocycles. The molecule has 2 N–H and O–H groups in total. The molecule has 1 atom stereocenters. The number of aromatic hydroxyl groups is 2. The summed E-state index contributed by atoms with van der Waals surface area (Å²) in [4.78, 5) is 25.7. The van der Waals surface area contributed by atoms with Gasteiger partial charge in [-0.1, -0.05) is 11.6 Å². The third-order valence-electron chi connectivity index (χ3n) is 7.10. The van der Waals surface area contributed by atoms with Gasteiger partial charge in [-0.3, -0.25) is 4.79 Å². The van der Waals surface area contributed by atoms with Gasteiger partial charge >= 0.3 is 5.63 Å². The largest absolute Gasteiger partial charge is 0.507 e. The van der Waals surface area contributed by atoms with Crippen molar-refractivity contribution < 1.29 is 28.8 Å². The van der Waals surface area contributed by atoms with Crippen LogP contribution in [0.3, 0.4) is 0 Å². The molecular formula is C31H29NO8. The highest BCUT2D eigenvalue weighted by Gasteiger charge is 2.28. The van der Waals surface area contributed by atoms with Crippen molar-refractivity contribution in [2.24, 2.45) is 7.05 Å². The third kappa shape index (κ3) is 4.10. The van der Waals surface area contributed by atoms with Crippen LogP contribution in [-0.2, 0) is 7.05 Å². The maximum Gasteiger partial charge on any atom is 0.336 e. The number of hydrogen-bond acceptors (Lipinski definition) is 8. The van der Waals surface area contributed by atoms with Crippen LogP contribution in [0.2, 0.25) is 0 Å². The summed E-state index contributed by atoms with van der Waals surface area (Å²) >= 11 is 0. The maximum absolute atomic E-state index is 13.9. The summed E-state index contributed by atoms with van der Waals surface area (Å²) in [6, 6.07) is 11.0. The topological polar surface area (TPSA) is 120 Å². The van der Waals surface area contributed by atoms with E-state index in [1.165, 1.54) is 33.5 Å². The monoisotopic (exact) mass is 543 g/mol. The number of aromatic nitrogens is 1. The number of phenolic OH excluding ortho intramolecular Hbond substituents is 2. The number of rotatable bonds is 6. The normalized spacial score (nSPS) is 12.1. The van der Waals surface area contributed by atoms with Gasteiger partial charge in [0.2, 0.25) is 5.43 Å². The number of pyridine rings is 1. The van der Waals surface area contributed by atoms with Crippen LogP contribution in [0.15, 0.2) is 68.1 Å². The first kappa shape index (κ1) is 26.7. The average molecular weight is 544 g/mol. The lowest BCUT2D eigenvalue weighted by molar-refractivity contribution is 0.357. The van der Waals surface area contributed by atoms with Gasteiger partial charge in [0.15, 0.2) is 11.5 Å². The molecule has 2 aromatic heterocycles. The van der Waals surface area contributed by atoms with Gasteiger partial charge in [0.05, 0.1) is 43.1 Å². The number of fused-ring (bicyclic) bond motifs is 3. The molecule has 2 heterocycles. The number of methoxy groups -OCH3 is 3. The Morgan fingerprint density at radius 3 is 2.33 bits per heavy atom. The predicted octanol–water partition coefficient (Wildman–Crippen LogP) is 5.33. The first-order valence-electron chi connectivity index (χ1n) is 12.5. The highest BCUT2D eigenvalue weighted by molar-refractivity contribution is 6.01. The number of benzene rings is 3. The molecule has 3 aromatic carbocycles. The van der Waals surface area contributed by atoms with Crippen molar-refractivity contribution in [3.63, 3.8) is 0 Å². The average Bonchev–Trinajstić information content (AvgIpc) is 2.93. The number of hydrogen-bond donors (Lipinski definition) is 2. The van der Waals surface area contributed by atoms with E-state index in [0.29, 0.717) is 50.2 Å². The number of ether oxygens (including phenoxy) is 3. The summed E-state index contributed by atoms with van der Waals surface area (Å²) in [5.74, 6) is -0.100. The molecular weight excluding hydrogens is 514 g/mol. The van der Waals surface area contributed by atoms with Gasteiger partial charge in [-0.15, -0.1) is 0 Å². The van der Waals surface area contributed by atoms with Crippen LogP contribution in [-0.4, -0.2) is 36.1 Å². The molecule has 0 aliphatic heterocycles. The van der Waals surface area contributed by atoms with Crippen LogP contribution in [0.1, 0.15) is 30.9 Å². The summed E-state index contributed by atoms with van der Waals surface area (Å²) in [6.45, 7) is 3.78. The molecule has 5 aromatic rings. The molecule has 0 aliphatic rings. The highest BCUT2D eigenvalue weighted by Crippen LogP contribution is 2.47. The lowest BCUT2D eigenvalue weighted by Crippen LogP contribution is -2.12. The third-order valence-corrected chi connectivity index (χ3v) is 7.10. The number of allylic oxidation sites excluding steroid dienone is 2. The van der Waals surface area contributed by atoms with E-state index in [0.717, 1.165) is 5.57 Å². The fraction of sp³-hybridized carbons (Fsp3) is 0.226. The van der Waals surface area contributed by atoms with E-state index in [2.05, 4.69) is 0 Å². The minimum Gasteiger partial charge on any atom is -0.507 e. The Kier molecular flexibility index (Phi) is 6.67. The SMILES string of the molecule is COc1cc2oc(=O)ccc2cc1C(C=C(C)C)c1c(O)cc2c(c1O)c(=O)c1ccc(OC)c(OC)c1n2C. The Morgan fingerprint density at radius 1 is 0.950 bits per heavy atom. The summed E-state index contributed by atoms with van der Waals surface area (Å²) < 4.78 is 23.6. The molecule has 0 bridgehead atoms.